The summed E-state index contributed by atoms with van der Waals surface area (Å²) in [6.07, 6.45) is 4.23. The van der Waals surface area contributed by atoms with Crippen molar-refractivity contribution in [2.45, 2.75) is 25.9 Å². The Balaban J connectivity index is 1.55. The van der Waals surface area contributed by atoms with E-state index in [0.29, 0.717) is 31.3 Å². The SMILES string of the molecule is COc1cncc(OC2CCN(C(=O)Cc3cccc(C)c3)C2)n1. The molecule has 1 atom stereocenters. The molecule has 0 bridgehead atoms. The summed E-state index contributed by atoms with van der Waals surface area (Å²) in [7, 11) is 1.54. The van der Waals surface area contributed by atoms with Gasteiger partial charge in [0.1, 0.15) is 6.10 Å². The number of amides is 1. The lowest BCUT2D eigenvalue weighted by Crippen LogP contribution is -2.32. The van der Waals surface area contributed by atoms with Crippen LogP contribution in [0.3, 0.4) is 0 Å². The molecule has 2 heterocycles. The third kappa shape index (κ3) is 4.01. The number of aryl methyl sites for hydroxylation is 1. The van der Waals surface area contributed by atoms with Gasteiger partial charge >= 0.3 is 0 Å². The molecular formula is C18H21N3O3. The van der Waals surface area contributed by atoms with Crippen molar-refractivity contribution >= 4 is 5.91 Å². The van der Waals surface area contributed by atoms with E-state index in [1.165, 1.54) is 18.9 Å². The van der Waals surface area contributed by atoms with Crippen LogP contribution in [0.2, 0.25) is 0 Å². The predicted molar refractivity (Wildman–Crippen MR) is 89.1 cm³/mol. The van der Waals surface area contributed by atoms with Gasteiger partial charge in [0.05, 0.1) is 32.5 Å². The van der Waals surface area contributed by atoms with Crippen molar-refractivity contribution in [1.82, 2.24) is 14.9 Å². The number of likely N-dealkylation sites (tertiary alicyclic amines) is 1. The summed E-state index contributed by atoms with van der Waals surface area (Å²) in [5.74, 6) is 0.966. The second kappa shape index (κ2) is 7.29. The van der Waals surface area contributed by atoms with Crippen LogP contribution in [0.4, 0.5) is 0 Å². The third-order valence-electron chi connectivity index (χ3n) is 4.02. The fourth-order valence-corrected chi connectivity index (χ4v) is 2.82. The van der Waals surface area contributed by atoms with Gasteiger partial charge in [-0.05, 0) is 12.5 Å². The molecule has 6 heteroatoms. The largest absolute Gasteiger partial charge is 0.480 e. The van der Waals surface area contributed by atoms with Gasteiger partial charge in [0, 0.05) is 13.0 Å². The van der Waals surface area contributed by atoms with Crippen LogP contribution in [0, 0.1) is 6.92 Å². The van der Waals surface area contributed by atoms with E-state index in [2.05, 4.69) is 9.97 Å². The Kier molecular flexibility index (Phi) is 4.93. The molecule has 1 aromatic heterocycles. The Labute approximate surface area is 141 Å². The average molecular weight is 327 g/mol. The first-order valence-corrected chi connectivity index (χ1v) is 8.00. The molecule has 24 heavy (non-hydrogen) atoms. The molecule has 0 aliphatic carbocycles. The number of methoxy groups -OCH3 is 1. The van der Waals surface area contributed by atoms with E-state index < -0.39 is 0 Å². The molecule has 1 amide bonds. The summed E-state index contributed by atoms with van der Waals surface area (Å²) in [5.41, 5.74) is 2.21. The Hall–Kier alpha value is -2.63. The number of hydrogen-bond acceptors (Lipinski definition) is 5. The monoisotopic (exact) mass is 327 g/mol. The normalized spacial score (nSPS) is 16.9. The zero-order valence-corrected chi connectivity index (χ0v) is 13.9. The zero-order valence-electron chi connectivity index (χ0n) is 13.9. The van der Waals surface area contributed by atoms with Gasteiger partial charge in [-0.3, -0.25) is 9.78 Å². The average Bonchev–Trinajstić information content (AvgIpc) is 3.04. The maximum Gasteiger partial charge on any atom is 0.235 e. The van der Waals surface area contributed by atoms with Gasteiger partial charge in [-0.1, -0.05) is 29.8 Å². The van der Waals surface area contributed by atoms with Crippen molar-refractivity contribution in [2.24, 2.45) is 0 Å². The van der Waals surface area contributed by atoms with Crippen molar-refractivity contribution in [2.75, 3.05) is 20.2 Å². The van der Waals surface area contributed by atoms with Gasteiger partial charge in [0.25, 0.3) is 0 Å². The van der Waals surface area contributed by atoms with Crippen LogP contribution < -0.4 is 9.47 Å². The summed E-state index contributed by atoms with van der Waals surface area (Å²) in [4.78, 5) is 22.5. The van der Waals surface area contributed by atoms with Crippen LogP contribution >= 0.6 is 0 Å². The molecule has 1 aliphatic rings. The van der Waals surface area contributed by atoms with Crippen LogP contribution in [0.15, 0.2) is 36.7 Å². The topological polar surface area (TPSA) is 64.6 Å². The van der Waals surface area contributed by atoms with Crippen molar-refractivity contribution in [3.8, 4) is 11.8 Å². The Morgan fingerprint density at radius 1 is 1.33 bits per heavy atom. The molecule has 126 valence electrons. The molecule has 1 aliphatic heterocycles. The number of rotatable bonds is 5. The number of hydrogen-bond donors (Lipinski definition) is 0. The first kappa shape index (κ1) is 16.2. The molecule has 1 fully saturated rings. The highest BCUT2D eigenvalue weighted by Crippen LogP contribution is 2.19. The fourth-order valence-electron chi connectivity index (χ4n) is 2.82. The van der Waals surface area contributed by atoms with Crippen LogP contribution in [0.1, 0.15) is 17.5 Å². The molecule has 1 saturated heterocycles. The molecular weight excluding hydrogens is 306 g/mol. The Morgan fingerprint density at radius 3 is 2.96 bits per heavy atom. The maximum absolute atomic E-state index is 12.4. The van der Waals surface area contributed by atoms with Gasteiger partial charge < -0.3 is 14.4 Å². The number of nitrogens with zero attached hydrogens (tertiary/aromatic N) is 3. The van der Waals surface area contributed by atoms with Crippen molar-refractivity contribution in [3.05, 3.63) is 47.8 Å². The van der Waals surface area contributed by atoms with E-state index in [4.69, 9.17) is 9.47 Å². The lowest BCUT2D eigenvalue weighted by atomic mass is 10.1. The second-order valence-electron chi connectivity index (χ2n) is 5.93. The summed E-state index contributed by atoms with van der Waals surface area (Å²) in [6.45, 7) is 3.30. The van der Waals surface area contributed by atoms with E-state index in [1.807, 2.05) is 36.1 Å². The molecule has 3 rings (SSSR count). The Bertz CT molecular complexity index is 720. The molecule has 0 spiro atoms. The van der Waals surface area contributed by atoms with Gasteiger partial charge in [-0.2, -0.15) is 4.98 Å². The van der Waals surface area contributed by atoms with E-state index in [9.17, 15) is 4.79 Å². The van der Waals surface area contributed by atoms with Crippen LogP contribution in [0.5, 0.6) is 11.8 Å². The second-order valence-corrected chi connectivity index (χ2v) is 5.93. The van der Waals surface area contributed by atoms with E-state index in [0.717, 1.165) is 12.0 Å². The van der Waals surface area contributed by atoms with Crippen LogP contribution in [-0.4, -0.2) is 47.1 Å². The quantitative estimate of drug-likeness (QED) is 0.840. The molecule has 0 radical (unpaired) electrons. The summed E-state index contributed by atoms with van der Waals surface area (Å²) in [6, 6.07) is 8.05. The molecule has 2 aromatic rings. The van der Waals surface area contributed by atoms with Gasteiger partial charge in [0.2, 0.25) is 17.7 Å². The smallest absolute Gasteiger partial charge is 0.235 e. The number of aromatic nitrogens is 2. The van der Waals surface area contributed by atoms with Crippen LogP contribution in [-0.2, 0) is 11.2 Å². The molecule has 0 saturated carbocycles. The molecule has 1 unspecified atom stereocenters. The zero-order chi connectivity index (χ0) is 16.9. The minimum Gasteiger partial charge on any atom is -0.480 e. The van der Waals surface area contributed by atoms with E-state index in [-0.39, 0.29) is 12.0 Å². The molecule has 6 nitrogen and oxygen atoms in total. The van der Waals surface area contributed by atoms with E-state index in [1.54, 1.807) is 6.20 Å². The van der Waals surface area contributed by atoms with Gasteiger partial charge in [-0.25, -0.2) is 0 Å². The van der Waals surface area contributed by atoms with Gasteiger partial charge in [-0.15, -0.1) is 0 Å². The van der Waals surface area contributed by atoms with Gasteiger partial charge in [0.15, 0.2) is 0 Å². The van der Waals surface area contributed by atoms with Crippen molar-refractivity contribution in [1.29, 1.82) is 0 Å². The third-order valence-corrected chi connectivity index (χ3v) is 4.02. The number of benzene rings is 1. The standard InChI is InChI=1S/C18H21N3O3/c1-13-4-3-5-14(8-13)9-18(22)21-7-6-15(12-21)24-17-11-19-10-16(20-17)23-2/h3-5,8,10-11,15H,6-7,9,12H2,1-2H3. The highest BCUT2D eigenvalue weighted by atomic mass is 16.5. The maximum atomic E-state index is 12.4. The highest BCUT2D eigenvalue weighted by Gasteiger charge is 2.28. The predicted octanol–water partition coefficient (Wildman–Crippen LogP) is 2.02. The van der Waals surface area contributed by atoms with Crippen molar-refractivity contribution in [3.63, 3.8) is 0 Å². The molecule has 1 aromatic carbocycles. The van der Waals surface area contributed by atoms with Crippen molar-refractivity contribution < 1.29 is 14.3 Å². The number of ether oxygens (including phenoxy) is 2. The molecule has 0 N–H and O–H groups in total. The highest BCUT2D eigenvalue weighted by molar-refractivity contribution is 5.79. The summed E-state index contributed by atoms with van der Waals surface area (Å²) < 4.78 is 10.9. The first-order valence-electron chi connectivity index (χ1n) is 8.00. The Morgan fingerprint density at radius 2 is 2.17 bits per heavy atom. The minimum absolute atomic E-state index is 0.0622. The van der Waals surface area contributed by atoms with E-state index >= 15 is 0 Å². The number of carbonyl (C=O) groups excluding carboxylic acids is 1. The summed E-state index contributed by atoms with van der Waals surface area (Å²) >= 11 is 0. The first-order chi connectivity index (χ1) is 11.6. The summed E-state index contributed by atoms with van der Waals surface area (Å²) in [5, 5.41) is 0. The number of carbonyl (C=O) groups is 1. The fraction of sp³-hybridized carbons (Fsp3) is 0.389. The minimum atomic E-state index is -0.0622. The lowest BCUT2D eigenvalue weighted by Gasteiger charge is -2.17. The lowest BCUT2D eigenvalue weighted by molar-refractivity contribution is -0.129. The van der Waals surface area contributed by atoms with Crippen LogP contribution in [0.25, 0.3) is 0 Å².